The fraction of sp³-hybridized carbons (Fsp3) is 0.347. The normalized spacial score (nSPS) is 12.4. The summed E-state index contributed by atoms with van der Waals surface area (Å²) in [4.78, 5) is 36.1. The number of nitrogen functional groups attached to an aromatic ring is 2. The second-order valence-electron chi connectivity index (χ2n) is 30.2. The van der Waals surface area contributed by atoms with Gasteiger partial charge in [-0.2, -0.15) is 28.6 Å². The summed E-state index contributed by atoms with van der Waals surface area (Å²) in [5.74, 6) is 0.440. The van der Waals surface area contributed by atoms with Crippen molar-refractivity contribution in [1.29, 1.82) is 26.6 Å². The van der Waals surface area contributed by atoms with Crippen molar-refractivity contribution in [2.45, 2.75) is 215 Å². The van der Waals surface area contributed by atoms with Crippen molar-refractivity contribution in [2.75, 3.05) is 21.7 Å². The number of aliphatic imine (C=N–C) groups is 1. The number of pyridine rings is 5. The van der Waals surface area contributed by atoms with Gasteiger partial charge in [-0.25, -0.2) is 0 Å². The number of aliphatic hydroxyl groups is 2. The van der Waals surface area contributed by atoms with Crippen molar-refractivity contribution in [3.63, 3.8) is 0 Å². The van der Waals surface area contributed by atoms with Gasteiger partial charge in [0.05, 0.1) is 104 Å². The molecule has 0 fully saturated rings. The maximum Gasteiger partial charge on any atom is 0 e. The molecule has 0 saturated carbocycles. The number of fused-ring (bicyclic) bond motifs is 3. The Labute approximate surface area is 952 Å². The Kier molecular flexibility index (Phi) is 66.7. The monoisotopic (exact) mass is 2990 g/mol. The van der Waals surface area contributed by atoms with E-state index >= 15 is 0 Å². The molecule has 0 atom stereocenters. The minimum atomic E-state index is -0.652. The number of anilines is 4. The number of amidine groups is 1. The number of benzene rings is 5. The van der Waals surface area contributed by atoms with Gasteiger partial charge in [-0.3, -0.25) is 44.5 Å². The average molecular weight is 2990 g/mol. The van der Waals surface area contributed by atoms with Gasteiger partial charge in [0.2, 0.25) is 17.4 Å². The quantitative estimate of drug-likeness (QED) is 0.00681. The molecular weight excluding hydrogens is 2870 g/mol. The SMILES string of the molecule is C.CC(=N)c1ccc(NCc2cnc(C)c(O)c2CO)cc1.CCC(I)(I)I.CCC(I)I.CC[CH-]I.Cc1ncc(C=Nc2ccc(C#N)cc2)c2c1OC(C)(C)OC2.Cc1ncc(C=O)c2c1OC(C)(C)OC2.Cc1ncc(CNc2ccc(C#N)cc2)c2c1OC(C)(C)OC2.Cc1ncc(CNc2ccc(C(=N)N)cc2)c(CO)c1O.N#Cc1ccc(N)cc1.[CH2-]CC.[I][V]([I])[I].[V].[V]. The third-order valence-corrected chi connectivity index (χ3v) is 23.3. The Morgan fingerprint density at radius 1 is 0.569 bits per heavy atom. The number of aromatic nitrogens is 5. The molecule has 0 bridgehead atoms. The van der Waals surface area contributed by atoms with Crippen LogP contribution in [0.15, 0.2) is 157 Å². The second-order valence-corrected chi connectivity index (χ2v) is 83.6. The number of nitrogens with two attached hydrogens (primary N) is 2. The van der Waals surface area contributed by atoms with Crippen LogP contribution in [0.1, 0.15) is 226 Å². The van der Waals surface area contributed by atoms with Crippen molar-refractivity contribution in [3.05, 3.63) is 276 Å². The van der Waals surface area contributed by atoms with E-state index in [1.165, 1.54) is 19.3 Å². The van der Waals surface area contributed by atoms with Gasteiger partial charge in [-0.15, -0.1) is 0 Å². The topological polar surface area (TPSA) is 437 Å². The number of aldehydes is 1. The van der Waals surface area contributed by atoms with Crippen molar-refractivity contribution >= 4 is 248 Å². The number of carbonyl (C=O) groups is 1. The number of aliphatic hydroxyl groups excluding tert-OH is 2. The van der Waals surface area contributed by atoms with Crippen molar-refractivity contribution in [2.24, 2.45) is 10.7 Å². The summed E-state index contributed by atoms with van der Waals surface area (Å²) in [5, 5.41) is 89.1. The fourth-order valence-corrected chi connectivity index (χ4v) is 11.0. The Balaban J connectivity index is 0.00000156. The molecule has 2 radical (unpaired) electrons. The predicted octanol–water partition coefficient (Wildman–Crippen LogP) is 26.7. The molecule has 0 amide bonds. The average Bonchev–Trinajstić information content (AvgIpc) is 0.785. The minimum absolute atomic E-state index is 0. The summed E-state index contributed by atoms with van der Waals surface area (Å²) in [6, 6.07) is 42.1. The zero-order valence-corrected chi connectivity index (χ0v) is 102. The molecule has 13 rings (SSSR count). The van der Waals surface area contributed by atoms with E-state index < -0.39 is 17.4 Å². The second kappa shape index (κ2) is 69.2. The van der Waals surface area contributed by atoms with Gasteiger partial charge in [0.15, 0.2) is 17.8 Å². The number of aromatic hydroxyl groups is 2. The van der Waals surface area contributed by atoms with E-state index in [-0.39, 0.29) is 80.0 Å². The first kappa shape index (κ1) is 132. The van der Waals surface area contributed by atoms with Gasteiger partial charge in [-0.05, 0) is 186 Å². The molecule has 738 valence electrons. The van der Waals surface area contributed by atoms with E-state index in [1.807, 2.05) is 130 Å². The third-order valence-electron chi connectivity index (χ3n) is 18.4. The van der Waals surface area contributed by atoms with E-state index in [0.29, 0.717) is 106 Å². The van der Waals surface area contributed by atoms with E-state index in [1.54, 1.807) is 125 Å². The summed E-state index contributed by atoms with van der Waals surface area (Å²) < 4.78 is 37.8. The summed E-state index contributed by atoms with van der Waals surface area (Å²) in [6.07, 6.45) is 15.7. The zero-order valence-electron chi connectivity index (χ0n) is 78.5. The van der Waals surface area contributed by atoms with Gasteiger partial charge in [0.1, 0.15) is 22.5 Å². The van der Waals surface area contributed by atoms with Gasteiger partial charge in [0.25, 0.3) is 0 Å². The molecule has 0 spiro atoms. The number of aryl methyl sites for hydroxylation is 5. The van der Waals surface area contributed by atoms with Crippen LogP contribution in [-0.2, 0) is 109 Å². The number of nitrogens with zero attached hydrogens (tertiary/aromatic N) is 9. The molecule has 27 nitrogen and oxygen atoms in total. The van der Waals surface area contributed by atoms with E-state index in [2.05, 4.69) is 286 Å². The van der Waals surface area contributed by atoms with Crippen LogP contribution in [0.5, 0.6) is 28.7 Å². The number of nitrogens with one attached hydrogen (secondary N) is 5. The number of rotatable bonds is 19. The first-order valence-electron chi connectivity index (χ1n) is 41.7. The van der Waals surface area contributed by atoms with Crippen molar-refractivity contribution in [3.8, 4) is 47.0 Å². The van der Waals surface area contributed by atoms with Gasteiger partial charge >= 0.3 is 64.9 Å². The molecule has 3 aliphatic rings. The zero-order chi connectivity index (χ0) is 101. The van der Waals surface area contributed by atoms with Gasteiger partial charge in [-0.1, -0.05) is 160 Å². The van der Waals surface area contributed by atoms with Gasteiger partial charge < -0.3 is 111 Å². The standard InChI is InChI=1S/C18H19N3O2.C18H17N3O2.C16H19N3O2.C15H18N4O2.C11H13NO3.C7H6N2.C3H5I3.C3H6I2.C3H6I.C3H7.CH4.3HI.3V/c2*1-12-17-16(11-22-18(2,3)23-17)14(9-20-12)10-21-15-6-4-13(8-19)5-7-15;1-10(17)12-3-5-14(6-4-12)19-8-13-7-18-11(2)16(21)15(13)9-20;1-9-14(21)13(8-20)11(6-18-9)7-19-12-4-2-10(3-5-12)15(16)17;1-7-10-9(8(5-13)4-12-7)6-14-11(2,3)15-10;8-5-6-1-3-7(9)4-2-6;1-2-3(4,5)6;1-2-3(4)5;1-2-3-4;1-3-2;;;;;;;/h4-7,9,21H,10-11H2,1-3H3;4-7,9-10H,11H2,1-3H3;3-7,17,19-21H,8-9H2,1-2H3;2-6,19-21H,7-8H2,1H3,(H3,16,17);4-5H,6H2,1-3H3;1-4H,9H2;2H2,1H3;3H,2H2,1H3;3H,2H2,1H3;1,3H2,2H3;1H4;3*1H;;;/q;;;;;;;;2*-1;;;;;;;+3/p-3. The molecule has 0 aliphatic carbocycles. The van der Waals surface area contributed by atoms with Crippen LogP contribution in [0.3, 0.4) is 0 Å². The van der Waals surface area contributed by atoms with E-state index in [9.17, 15) is 25.2 Å². The molecule has 5 aromatic carbocycles. The van der Waals surface area contributed by atoms with Crippen LogP contribution in [0.4, 0.5) is 28.4 Å². The van der Waals surface area contributed by atoms with Crippen LogP contribution in [-0.4, -0.2) is 88.1 Å². The molecule has 0 unspecified atom stereocenters. The van der Waals surface area contributed by atoms with Crippen molar-refractivity contribution in [1.82, 2.24) is 24.9 Å². The number of hydrogen-bond donors (Lipinski definition) is 11. The Morgan fingerprint density at radius 3 is 1.20 bits per heavy atom. The van der Waals surface area contributed by atoms with Crippen LogP contribution in [0, 0.1) is 90.8 Å². The van der Waals surface area contributed by atoms with E-state index in [4.69, 9.17) is 66.5 Å². The minimum Gasteiger partial charge on any atom is 0 e. The number of alkyl halides is 5. The van der Waals surface area contributed by atoms with Crippen molar-refractivity contribution < 1.29 is 95.7 Å². The molecule has 39 heteroatoms. The predicted molar refractivity (Wildman–Crippen MR) is 618 cm³/mol. The maximum atomic E-state index is 10.8. The molecule has 13 N–H and O–H groups in total. The van der Waals surface area contributed by atoms with Crippen LogP contribution in [0.2, 0.25) is 0 Å². The summed E-state index contributed by atoms with van der Waals surface area (Å²) in [6.45, 7) is 36.5. The number of ether oxygens (including phenoxy) is 6. The molecule has 3 aliphatic heterocycles. The van der Waals surface area contributed by atoms with Crippen LogP contribution >= 0.6 is 195 Å². The Morgan fingerprint density at radius 2 is 0.869 bits per heavy atom. The summed E-state index contributed by atoms with van der Waals surface area (Å²) >= 11 is 21.6. The first-order valence-corrected chi connectivity index (χ1v) is 62.1. The molecule has 5 aromatic heterocycles. The summed E-state index contributed by atoms with van der Waals surface area (Å²) in [5.41, 5.74) is 30.1. The van der Waals surface area contributed by atoms with Crippen LogP contribution < -0.4 is 41.6 Å². The Hall–Kier alpha value is -4.88. The number of halogens is 9. The third kappa shape index (κ3) is 50.0. The maximum absolute atomic E-state index is 10.8. The first-order chi connectivity index (χ1) is 63.3. The molecule has 8 heterocycles. The van der Waals surface area contributed by atoms with Gasteiger partial charge in [0, 0.05) is 208 Å². The Bertz CT molecular complexity index is 5400. The summed E-state index contributed by atoms with van der Waals surface area (Å²) in [7, 11) is 0. The number of hydrogen-bond acceptors (Lipinski definition) is 26. The molecule has 0 saturated heterocycles. The number of nitriles is 3. The van der Waals surface area contributed by atoms with Crippen LogP contribution in [0.25, 0.3) is 0 Å². The van der Waals surface area contributed by atoms with E-state index in [0.717, 1.165) is 110 Å². The fourth-order valence-electron chi connectivity index (χ4n) is 11.0. The molecule has 10 aromatic rings. The largest absolute Gasteiger partial charge is 0 e. The number of carbonyl (C=O) groups excluding carboxylic acids is 1. The molecular formula is C98H120I9N16O11V3-2. The smallest absolute Gasteiger partial charge is 0 e. The molecule has 137 heavy (non-hydrogen) atoms.